The normalized spacial score (nSPS) is 14.1. The molecule has 2 aromatic carbocycles. The fourth-order valence-electron chi connectivity index (χ4n) is 3.50. The summed E-state index contributed by atoms with van der Waals surface area (Å²) >= 11 is 1.23. The van der Waals surface area contributed by atoms with Crippen LogP contribution in [0.15, 0.2) is 66.0 Å². The molecular weight excluding hydrogens is 486 g/mol. The number of hydrogen-bond acceptors (Lipinski definition) is 7. The van der Waals surface area contributed by atoms with Crippen LogP contribution in [0.5, 0.6) is 5.75 Å². The maximum Gasteiger partial charge on any atom is 0.573 e. The van der Waals surface area contributed by atoms with E-state index in [1.165, 1.54) is 42.4 Å². The number of rotatable bonds is 7. The van der Waals surface area contributed by atoms with Crippen LogP contribution in [0.25, 0.3) is 0 Å². The highest BCUT2D eigenvalue weighted by Crippen LogP contribution is 2.25. The Morgan fingerprint density at radius 3 is 2.29 bits per heavy atom. The average Bonchev–Trinajstić information content (AvgIpc) is 2.84. The molecule has 4 rings (SSSR count). The van der Waals surface area contributed by atoms with Gasteiger partial charge in [0.25, 0.3) is 0 Å². The van der Waals surface area contributed by atoms with E-state index in [0.29, 0.717) is 10.7 Å². The summed E-state index contributed by atoms with van der Waals surface area (Å²) in [6.45, 7) is 2.97. The number of benzene rings is 2. The summed E-state index contributed by atoms with van der Waals surface area (Å²) in [6, 6.07) is 13.2. The summed E-state index contributed by atoms with van der Waals surface area (Å²) in [5, 5.41) is 3.25. The zero-order valence-electron chi connectivity index (χ0n) is 18.3. The van der Waals surface area contributed by atoms with Crippen molar-refractivity contribution in [1.29, 1.82) is 0 Å². The Morgan fingerprint density at radius 2 is 1.63 bits per heavy atom. The highest BCUT2D eigenvalue weighted by Gasteiger charge is 2.31. The number of aromatic nitrogens is 2. The molecule has 0 bridgehead atoms. The molecule has 1 aliphatic rings. The van der Waals surface area contributed by atoms with Crippen LogP contribution < -0.4 is 19.9 Å². The Morgan fingerprint density at radius 1 is 0.971 bits per heavy atom. The molecule has 184 valence electrons. The lowest BCUT2D eigenvalue weighted by Crippen LogP contribution is -2.46. The molecule has 12 heteroatoms. The van der Waals surface area contributed by atoms with Gasteiger partial charge in [0, 0.05) is 43.6 Å². The van der Waals surface area contributed by atoms with E-state index in [1.807, 2.05) is 6.07 Å². The number of nitrogens with one attached hydrogen (secondary N) is 1. The summed E-state index contributed by atoms with van der Waals surface area (Å²) in [6.07, 6.45) is -3.32. The molecule has 0 aliphatic carbocycles. The summed E-state index contributed by atoms with van der Waals surface area (Å²) < 4.78 is 53.7. The number of hydrogen-bond donors (Lipinski definition) is 1. The number of halogens is 4. The highest BCUT2D eigenvalue weighted by molar-refractivity contribution is 7.99. The van der Waals surface area contributed by atoms with Crippen molar-refractivity contribution in [2.24, 2.45) is 0 Å². The zero-order valence-corrected chi connectivity index (χ0v) is 19.2. The molecular formula is C23H21F4N5O2S. The molecule has 0 saturated carbocycles. The fraction of sp³-hybridized carbons (Fsp3) is 0.261. The Balaban J connectivity index is 1.26. The highest BCUT2D eigenvalue weighted by atomic mass is 32.2. The van der Waals surface area contributed by atoms with Gasteiger partial charge in [0.1, 0.15) is 28.7 Å². The molecule has 0 unspecified atom stereocenters. The second-order valence-electron chi connectivity index (χ2n) is 7.57. The van der Waals surface area contributed by atoms with Crippen molar-refractivity contribution >= 4 is 34.9 Å². The summed E-state index contributed by atoms with van der Waals surface area (Å²) in [7, 11) is 0. The lowest BCUT2D eigenvalue weighted by Gasteiger charge is -2.36. The predicted molar refractivity (Wildman–Crippen MR) is 125 cm³/mol. The minimum atomic E-state index is -4.77. The first-order chi connectivity index (χ1) is 16.7. The minimum Gasteiger partial charge on any atom is -0.406 e. The quantitative estimate of drug-likeness (QED) is 0.285. The second-order valence-corrected chi connectivity index (χ2v) is 8.57. The van der Waals surface area contributed by atoms with Crippen LogP contribution in [0.1, 0.15) is 0 Å². The SMILES string of the molecule is O=C(CSc1cc(N2CCN(c3ccc(F)cc3)CC2)ncn1)Nc1ccc(OC(F)(F)F)cc1. The first kappa shape index (κ1) is 24.6. The number of piperazine rings is 1. The Kier molecular flexibility index (Phi) is 7.59. The lowest BCUT2D eigenvalue weighted by molar-refractivity contribution is -0.274. The van der Waals surface area contributed by atoms with Gasteiger partial charge in [-0.15, -0.1) is 13.2 Å². The monoisotopic (exact) mass is 507 g/mol. The van der Waals surface area contributed by atoms with Crippen molar-refractivity contribution in [3.8, 4) is 5.75 Å². The third-order valence-electron chi connectivity index (χ3n) is 5.15. The van der Waals surface area contributed by atoms with Crippen molar-refractivity contribution in [2.75, 3.05) is 47.0 Å². The number of ether oxygens (including phenoxy) is 1. The molecule has 1 amide bonds. The van der Waals surface area contributed by atoms with E-state index in [-0.39, 0.29) is 23.2 Å². The summed E-state index contributed by atoms with van der Waals surface area (Å²) in [4.78, 5) is 25.1. The Labute approximate surface area is 203 Å². The largest absolute Gasteiger partial charge is 0.573 e. The van der Waals surface area contributed by atoms with Crippen LogP contribution >= 0.6 is 11.8 Å². The second kappa shape index (κ2) is 10.8. The van der Waals surface area contributed by atoms with Gasteiger partial charge in [-0.25, -0.2) is 14.4 Å². The molecule has 35 heavy (non-hydrogen) atoms. The van der Waals surface area contributed by atoms with Crippen LogP contribution in [0.3, 0.4) is 0 Å². The minimum absolute atomic E-state index is 0.0651. The molecule has 1 saturated heterocycles. The first-order valence-electron chi connectivity index (χ1n) is 10.6. The van der Waals surface area contributed by atoms with E-state index in [1.54, 1.807) is 12.1 Å². The van der Waals surface area contributed by atoms with E-state index in [9.17, 15) is 22.4 Å². The number of anilines is 3. The first-order valence-corrected chi connectivity index (χ1v) is 11.6. The van der Waals surface area contributed by atoms with Gasteiger partial charge in [0.2, 0.25) is 5.91 Å². The lowest BCUT2D eigenvalue weighted by atomic mass is 10.2. The third-order valence-corrected chi connectivity index (χ3v) is 6.07. The smallest absolute Gasteiger partial charge is 0.406 e. The molecule has 7 nitrogen and oxygen atoms in total. The third kappa shape index (κ3) is 7.22. The van der Waals surface area contributed by atoms with E-state index in [0.717, 1.165) is 49.8 Å². The van der Waals surface area contributed by atoms with E-state index in [2.05, 4.69) is 29.8 Å². The van der Waals surface area contributed by atoms with Crippen LogP contribution in [0, 0.1) is 5.82 Å². The van der Waals surface area contributed by atoms with Gasteiger partial charge in [-0.3, -0.25) is 4.79 Å². The molecule has 0 spiro atoms. The van der Waals surface area contributed by atoms with Crippen LogP contribution in [0.2, 0.25) is 0 Å². The zero-order chi connectivity index (χ0) is 24.8. The van der Waals surface area contributed by atoms with Crippen molar-refractivity contribution < 1.29 is 27.1 Å². The predicted octanol–water partition coefficient (Wildman–Crippen LogP) is 4.57. The molecule has 3 aromatic rings. The van der Waals surface area contributed by atoms with Gasteiger partial charge in [-0.1, -0.05) is 11.8 Å². The molecule has 1 N–H and O–H groups in total. The Hall–Kier alpha value is -3.54. The van der Waals surface area contributed by atoms with Crippen LogP contribution in [-0.2, 0) is 4.79 Å². The summed E-state index contributed by atoms with van der Waals surface area (Å²) in [5.41, 5.74) is 1.33. The van der Waals surface area contributed by atoms with Crippen molar-refractivity contribution in [3.05, 3.63) is 66.7 Å². The van der Waals surface area contributed by atoms with Crippen molar-refractivity contribution in [3.63, 3.8) is 0 Å². The van der Waals surface area contributed by atoms with Gasteiger partial charge in [-0.05, 0) is 48.5 Å². The van der Waals surface area contributed by atoms with Crippen molar-refractivity contribution in [1.82, 2.24) is 9.97 Å². The average molecular weight is 508 g/mol. The van der Waals surface area contributed by atoms with E-state index in [4.69, 9.17) is 0 Å². The van der Waals surface area contributed by atoms with E-state index < -0.39 is 6.36 Å². The topological polar surface area (TPSA) is 70.6 Å². The number of carbonyl (C=O) groups excluding carboxylic acids is 1. The molecule has 1 aliphatic heterocycles. The fourth-order valence-corrected chi connectivity index (χ4v) is 4.17. The van der Waals surface area contributed by atoms with Gasteiger partial charge in [-0.2, -0.15) is 0 Å². The molecule has 1 aromatic heterocycles. The number of carbonyl (C=O) groups is 1. The standard InChI is InChI=1S/C23H21F4N5O2S/c24-16-1-5-18(6-2-16)31-9-11-32(12-10-31)20-13-22(29-15-28-20)35-14-21(33)30-17-3-7-19(8-4-17)34-23(25,26)27/h1-8,13,15H,9-12,14H2,(H,30,33). The maximum absolute atomic E-state index is 13.2. The summed E-state index contributed by atoms with van der Waals surface area (Å²) in [5.74, 6) is -0.137. The van der Waals surface area contributed by atoms with E-state index >= 15 is 0 Å². The van der Waals surface area contributed by atoms with Gasteiger partial charge in [0.15, 0.2) is 0 Å². The molecule has 0 atom stereocenters. The maximum atomic E-state index is 13.2. The number of thioether (sulfide) groups is 1. The number of alkyl halides is 3. The van der Waals surface area contributed by atoms with Gasteiger partial charge < -0.3 is 19.9 Å². The number of nitrogens with zero attached hydrogens (tertiary/aromatic N) is 4. The van der Waals surface area contributed by atoms with Gasteiger partial charge in [0.05, 0.1) is 5.75 Å². The molecule has 0 radical (unpaired) electrons. The van der Waals surface area contributed by atoms with Gasteiger partial charge >= 0.3 is 6.36 Å². The van der Waals surface area contributed by atoms with Crippen LogP contribution in [-0.4, -0.2) is 54.2 Å². The van der Waals surface area contributed by atoms with Crippen LogP contribution in [0.4, 0.5) is 34.8 Å². The Bertz CT molecular complexity index is 1140. The molecule has 2 heterocycles. The van der Waals surface area contributed by atoms with Crippen molar-refractivity contribution in [2.45, 2.75) is 11.4 Å². The molecule has 1 fully saturated rings. The number of amides is 1.